The highest BCUT2D eigenvalue weighted by Crippen LogP contribution is 2.23. The van der Waals surface area contributed by atoms with Crippen LogP contribution in [0.4, 0.5) is 0 Å². The summed E-state index contributed by atoms with van der Waals surface area (Å²) in [5.74, 6) is -14.4. The summed E-state index contributed by atoms with van der Waals surface area (Å²) in [6.07, 6.45) is 0.409. The van der Waals surface area contributed by atoms with Crippen LogP contribution in [0.25, 0.3) is 0 Å². The van der Waals surface area contributed by atoms with Crippen molar-refractivity contribution in [1.82, 2.24) is 73.6 Å². The molecule has 0 aromatic carbocycles. The van der Waals surface area contributed by atoms with Gasteiger partial charge in [0.1, 0.15) is 60.4 Å². The predicted molar refractivity (Wildman–Crippen MR) is 347 cm³/mol. The van der Waals surface area contributed by atoms with Gasteiger partial charge in [0.25, 0.3) is 5.91 Å². The topological polar surface area (TPSA) is 650 Å². The second-order valence-electron chi connectivity index (χ2n) is 24.2. The van der Waals surface area contributed by atoms with E-state index in [0.717, 1.165) is 0 Å². The molecule has 13 amide bonds. The number of imide groups is 1. The SMILES string of the molecule is CC(C)[C@H](NC(=O)[C@H](CCCNC(=N)N)NC(=O)[C@@H](NC(=O)[C@H](C)NC(=O)[C@H](CCCCN)N1C(=O)C[C@H](NC(=O)[C@H](CCCNC(=N)N)NC(=O)[C@H](CC(N)=O)NC(=O)[C@@H]2CCCN2C(=O)[C@H](CCCNC(=N)N)NC(=O)[C@@H](C)CCCNC(=N)N)C1=O)C(C)C)C(N)=O. The number of rotatable bonds is 43. The van der Waals surface area contributed by atoms with Crippen molar-refractivity contribution in [1.29, 1.82) is 21.6 Å². The number of unbranched alkanes of at least 4 members (excludes halogenated alkanes) is 1. The zero-order chi connectivity index (χ0) is 71.8. The van der Waals surface area contributed by atoms with Crippen LogP contribution in [0.15, 0.2) is 0 Å². The van der Waals surface area contributed by atoms with Crippen molar-refractivity contribution < 1.29 is 62.3 Å². The van der Waals surface area contributed by atoms with Crippen molar-refractivity contribution in [2.75, 3.05) is 39.3 Å². The van der Waals surface area contributed by atoms with Crippen molar-refractivity contribution in [2.45, 2.75) is 198 Å². The van der Waals surface area contributed by atoms with E-state index in [1.807, 2.05) is 0 Å². The van der Waals surface area contributed by atoms with E-state index in [2.05, 4.69) is 63.8 Å². The number of primary amides is 2. The lowest BCUT2D eigenvalue weighted by atomic mass is 10.0. The Bertz CT molecular complexity index is 2750. The maximum Gasteiger partial charge on any atom is 0.253 e. The molecule has 0 radical (unpaired) electrons. The second kappa shape index (κ2) is 41.1. The van der Waals surface area contributed by atoms with E-state index >= 15 is 0 Å². The summed E-state index contributed by atoms with van der Waals surface area (Å²) in [4.78, 5) is 181. The van der Waals surface area contributed by atoms with Gasteiger partial charge in [-0.3, -0.25) is 88.9 Å². The van der Waals surface area contributed by atoms with Gasteiger partial charge in [-0.25, -0.2) is 0 Å². The zero-order valence-corrected chi connectivity index (χ0v) is 55.1. The number of hydrogen-bond acceptors (Lipinski definition) is 18. The summed E-state index contributed by atoms with van der Waals surface area (Å²) in [5, 5.41) is 60.7. The van der Waals surface area contributed by atoms with Gasteiger partial charge in [-0.1, -0.05) is 34.6 Å². The van der Waals surface area contributed by atoms with E-state index in [9.17, 15) is 62.3 Å². The molecule has 0 aromatic rings. The highest BCUT2D eigenvalue weighted by atomic mass is 16.2. The van der Waals surface area contributed by atoms with Gasteiger partial charge in [0, 0.05) is 38.6 Å². The maximum atomic E-state index is 14.3. The first-order chi connectivity index (χ1) is 44.6. The lowest BCUT2D eigenvalue weighted by molar-refractivity contribution is -0.148. The van der Waals surface area contributed by atoms with Gasteiger partial charge in [0.05, 0.1) is 12.8 Å². The first kappa shape index (κ1) is 81.4. The van der Waals surface area contributed by atoms with Gasteiger partial charge < -0.3 is 109 Å². The van der Waals surface area contributed by atoms with E-state index in [-0.39, 0.29) is 108 Å². The smallest absolute Gasteiger partial charge is 0.253 e. The summed E-state index contributed by atoms with van der Waals surface area (Å²) in [5.41, 5.74) is 38.5. The molecule has 95 heavy (non-hydrogen) atoms. The number of carbonyl (C=O) groups excluding carboxylic acids is 13. The van der Waals surface area contributed by atoms with Gasteiger partial charge >= 0.3 is 0 Å². The molecule has 38 nitrogen and oxygen atoms in total. The molecule has 0 unspecified atom stereocenters. The average molecular weight is 1350 g/mol. The lowest BCUT2D eigenvalue weighted by Gasteiger charge is -2.30. The van der Waals surface area contributed by atoms with Crippen molar-refractivity contribution in [3.8, 4) is 0 Å². The van der Waals surface area contributed by atoms with Crippen LogP contribution >= 0.6 is 0 Å². The fourth-order valence-electron chi connectivity index (χ4n) is 10.4. The Morgan fingerprint density at radius 3 is 1.47 bits per heavy atom. The number of nitrogens with two attached hydrogens (primary N) is 7. The van der Waals surface area contributed by atoms with Crippen LogP contribution in [-0.4, -0.2) is 210 Å². The molecule has 2 aliphatic heterocycles. The molecule has 38 heteroatoms. The van der Waals surface area contributed by atoms with E-state index < -0.39 is 174 Å². The van der Waals surface area contributed by atoms with Crippen LogP contribution in [0.3, 0.4) is 0 Å². The average Bonchev–Trinajstić information content (AvgIpc) is 1.68. The predicted octanol–water partition coefficient (Wildman–Crippen LogP) is -7.51. The number of nitrogens with zero attached hydrogens (tertiary/aromatic N) is 2. The quantitative estimate of drug-likeness (QED) is 0.0117. The molecule has 2 heterocycles. The minimum absolute atomic E-state index is 0.00900. The molecule has 0 bridgehead atoms. The highest BCUT2D eigenvalue weighted by Gasteiger charge is 2.47. The minimum Gasteiger partial charge on any atom is -0.370 e. The molecule has 0 aromatic heterocycles. The van der Waals surface area contributed by atoms with E-state index in [0.29, 0.717) is 37.1 Å². The molecule has 0 aliphatic carbocycles. The number of guanidine groups is 4. The zero-order valence-electron chi connectivity index (χ0n) is 55.1. The van der Waals surface area contributed by atoms with Gasteiger partial charge in [-0.15, -0.1) is 0 Å². The number of likely N-dealkylation sites (tertiary alicyclic amines) is 2. The van der Waals surface area contributed by atoms with Crippen molar-refractivity contribution >= 4 is 101 Å². The Balaban J connectivity index is 2.39. The van der Waals surface area contributed by atoms with Crippen LogP contribution in [-0.2, 0) is 62.3 Å². The van der Waals surface area contributed by atoms with E-state index in [4.69, 9.17) is 61.8 Å². The Morgan fingerprint density at radius 2 is 0.979 bits per heavy atom. The van der Waals surface area contributed by atoms with Gasteiger partial charge in [0.15, 0.2) is 23.8 Å². The number of carbonyl (C=O) groups is 13. The third-order valence-electron chi connectivity index (χ3n) is 15.6. The molecule has 534 valence electrons. The second-order valence-corrected chi connectivity index (χ2v) is 24.2. The fourth-order valence-corrected chi connectivity index (χ4v) is 10.4. The summed E-state index contributed by atoms with van der Waals surface area (Å²) in [6, 6.07) is -14.1. The van der Waals surface area contributed by atoms with Crippen LogP contribution < -0.4 is 104 Å². The normalized spacial score (nSPS) is 17.2. The molecular formula is C57H103N25O13. The summed E-state index contributed by atoms with van der Waals surface area (Å²) < 4.78 is 0. The molecular weight excluding hydrogens is 1240 g/mol. The molecule has 2 rings (SSSR count). The monoisotopic (exact) mass is 1350 g/mol. The van der Waals surface area contributed by atoms with Crippen molar-refractivity contribution in [3.63, 3.8) is 0 Å². The molecule has 2 aliphatic rings. The number of nitrogens with one attached hydrogen (secondary N) is 16. The summed E-state index contributed by atoms with van der Waals surface area (Å²) in [6.45, 7) is 10.3. The van der Waals surface area contributed by atoms with Crippen LogP contribution in [0.2, 0.25) is 0 Å². The Morgan fingerprint density at radius 1 is 0.505 bits per heavy atom. The standard InChI is InChI=1S/C57H103N25O13/c1-28(2)41(43(60)85)79-47(89)33(16-11-23-71-56(65)66)75-51(93)42(29(3)4)80-45(87)31(6)73-50(92)38(18-7-8-20-58)82-40(84)27-36(53(82)95)78-46(88)32(15-10-22-70-55(63)64)74-48(90)35(26-39(59)83)77-49(91)37-19-13-25-81(37)52(94)34(17-12-24-72-57(67)68)76-44(86)30(5)14-9-21-69-54(61)62/h28-38,41-42H,7-27,58H2,1-6H3,(H2,59,83)(H2,60,85)(H,73,92)(H,74,90)(H,75,93)(H,76,86)(H,77,91)(H,78,88)(H,79,89)(H,80,87)(H4,61,62,69)(H4,63,64,70)(H4,65,66,71)(H4,67,68,72)/t30-,31-,32-,33-,34-,35-,36-,37-,38-,41-,42-/m0/s1. The molecule has 2 saturated heterocycles. The molecule has 11 atom stereocenters. The summed E-state index contributed by atoms with van der Waals surface area (Å²) >= 11 is 0. The largest absolute Gasteiger partial charge is 0.370 e. The molecule has 2 fully saturated rings. The van der Waals surface area contributed by atoms with Gasteiger partial charge in [-0.05, 0) is 109 Å². The maximum absolute atomic E-state index is 14.3. The fraction of sp³-hybridized carbons (Fsp3) is 0.702. The van der Waals surface area contributed by atoms with E-state index in [1.165, 1.54) is 11.8 Å². The van der Waals surface area contributed by atoms with Gasteiger partial charge in [0.2, 0.25) is 70.9 Å². The molecule has 0 saturated carbocycles. The summed E-state index contributed by atoms with van der Waals surface area (Å²) in [7, 11) is 0. The van der Waals surface area contributed by atoms with Crippen LogP contribution in [0.1, 0.15) is 138 Å². The third kappa shape index (κ3) is 28.6. The third-order valence-corrected chi connectivity index (χ3v) is 15.6. The Labute approximate surface area is 552 Å². The van der Waals surface area contributed by atoms with Crippen LogP contribution in [0.5, 0.6) is 0 Å². The molecule has 30 N–H and O–H groups in total. The first-order valence-corrected chi connectivity index (χ1v) is 31.8. The highest BCUT2D eigenvalue weighted by molar-refractivity contribution is 6.10. The minimum atomic E-state index is -1.76. The number of hydrogen-bond donors (Lipinski definition) is 23. The Kier molecular flexibility index (Phi) is 35.3. The Hall–Kier alpha value is -9.65. The number of amides is 13. The van der Waals surface area contributed by atoms with Crippen molar-refractivity contribution in [3.05, 3.63) is 0 Å². The van der Waals surface area contributed by atoms with Gasteiger partial charge in [-0.2, -0.15) is 0 Å². The van der Waals surface area contributed by atoms with E-state index in [1.54, 1.807) is 34.6 Å². The van der Waals surface area contributed by atoms with Crippen molar-refractivity contribution in [2.24, 2.45) is 57.9 Å². The first-order valence-electron chi connectivity index (χ1n) is 31.8. The molecule has 0 spiro atoms. The van der Waals surface area contributed by atoms with Crippen LogP contribution in [0, 0.1) is 39.4 Å². The lowest BCUT2D eigenvalue weighted by Crippen LogP contribution is -2.60.